The molecule has 1 aliphatic rings. The van der Waals surface area contributed by atoms with Crippen molar-refractivity contribution in [1.82, 2.24) is 9.71 Å². The Morgan fingerprint density at radius 1 is 1.10 bits per heavy atom. The van der Waals surface area contributed by atoms with Crippen LogP contribution in [0.15, 0.2) is 64.9 Å². The number of benzene rings is 2. The molecule has 0 saturated carbocycles. The lowest BCUT2D eigenvalue weighted by Gasteiger charge is -2.24. The molecule has 0 unspecified atom stereocenters. The van der Waals surface area contributed by atoms with Gasteiger partial charge in [-0.05, 0) is 43.2 Å². The second kappa shape index (κ2) is 7.92. The van der Waals surface area contributed by atoms with Crippen LogP contribution in [0.2, 0.25) is 0 Å². The van der Waals surface area contributed by atoms with Crippen LogP contribution in [0.1, 0.15) is 24.0 Å². The van der Waals surface area contributed by atoms with Crippen molar-refractivity contribution in [3.05, 3.63) is 66.0 Å². The summed E-state index contributed by atoms with van der Waals surface area (Å²) in [5.74, 6) is -1.11. The summed E-state index contributed by atoms with van der Waals surface area (Å²) in [6.07, 6.45) is 3.15. The number of rotatable bonds is 4. The van der Waals surface area contributed by atoms with E-state index in [-0.39, 0.29) is 29.4 Å². The largest absolute Gasteiger partial charge is 0.281 e. The Hall–Kier alpha value is -3.59. The number of nitrogens with one attached hydrogen (secondary N) is 1. The molecule has 0 atom stereocenters. The van der Waals surface area contributed by atoms with Gasteiger partial charge in [0, 0.05) is 36.0 Å². The lowest BCUT2D eigenvalue weighted by Crippen LogP contribution is -2.41. The third-order valence-electron chi connectivity index (χ3n) is 5.04. The van der Waals surface area contributed by atoms with E-state index < -0.39 is 15.9 Å². The van der Waals surface area contributed by atoms with Crippen LogP contribution in [-0.2, 0) is 19.6 Å². The van der Waals surface area contributed by atoms with E-state index in [0.29, 0.717) is 16.5 Å². The summed E-state index contributed by atoms with van der Waals surface area (Å²) in [5, 5.41) is 6.46. The molecule has 0 fully saturated rings. The summed E-state index contributed by atoms with van der Waals surface area (Å²) < 4.78 is 27.9. The molecule has 31 heavy (non-hydrogen) atoms. The molecule has 9 heteroatoms. The van der Waals surface area contributed by atoms with Gasteiger partial charge in [0.05, 0.1) is 10.6 Å². The molecule has 0 radical (unpaired) electrons. The minimum absolute atomic E-state index is 0.0222. The minimum atomic E-state index is -4.16. The Morgan fingerprint density at radius 2 is 1.90 bits per heavy atom. The topological polar surface area (TPSA) is 109 Å². The molecule has 158 valence electrons. The molecular formula is C22H20N4O4S. The summed E-state index contributed by atoms with van der Waals surface area (Å²) in [6, 6.07) is 11.9. The Bertz CT molecular complexity index is 1340. The number of carbonyl (C=O) groups is 2. The fraction of sp³-hybridized carbons (Fsp3) is 0.182. The quantitative estimate of drug-likeness (QED) is 0.676. The smallest absolute Gasteiger partial charge is 0.273 e. The van der Waals surface area contributed by atoms with Crippen LogP contribution in [0.3, 0.4) is 0 Å². The third-order valence-corrected chi connectivity index (χ3v) is 6.43. The van der Waals surface area contributed by atoms with E-state index in [1.807, 2.05) is 26.0 Å². The SMILES string of the molecule is Cc1ccc(C)c(N2N=C(C(=O)NS(=O)(=O)c3cccc4cnccc34)CCC2=O)c1. The monoisotopic (exact) mass is 436 g/mol. The maximum absolute atomic E-state index is 12.9. The average Bonchev–Trinajstić information content (AvgIpc) is 2.75. The number of aryl methyl sites for hydroxylation is 2. The molecule has 2 amide bonds. The van der Waals surface area contributed by atoms with Gasteiger partial charge < -0.3 is 0 Å². The Kier molecular flexibility index (Phi) is 5.28. The number of amides is 2. The third kappa shape index (κ3) is 4.04. The predicted molar refractivity (Wildman–Crippen MR) is 117 cm³/mol. The van der Waals surface area contributed by atoms with Crippen molar-refractivity contribution in [2.24, 2.45) is 5.10 Å². The Labute approximate surface area is 179 Å². The van der Waals surface area contributed by atoms with Crippen LogP contribution in [0.25, 0.3) is 10.8 Å². The summed E-state index contributed by atoms with van der Waals surface area (Å²) >= 11 is 0. The normalized spacial score (nSPS) is 14.5. The Balaban J connectivity index is 1.66. The van der Waals surface area contributed by atoms with E-state index in [4.69, 9.17) is 0 Å². The summed E-state index contributed by atoms with van der Waals surface area (Å²) in [4.78, 5) is 29.2. The van der Waals surface area contributed by atoms with Crippen LogP contribution in [0.5, 0.6) is 0 Å². The molecule has 4 rings (SSSR count). The van der Waals surface area contributed by atoms with Crippen molar-refractivity contribution in [2.75, 3.05) is 5.01 Å². The van der Waals surface area contributed by atoms with Crippen molar-refractivity contribution in [3.8, 4) is 0 Å². The lowest BCUT2D eigenvalue weighted by molar-refractivity contribution is -0.118. The van der Waals surface area contributed by atoms with Crippen molar-refractivity contribution in [2.45, 2.75) is 31.6 Å². The highest BCUT2D eigenvalue weighted by Gasteiger charge is 2.29. The van der Waals surface area contributed by atoms with Crippen LogP contribution in [-0.4, -0.2) is 30.9 Å². The molecule has 1 aromatic heterocycles. The van der Waals surface area contributed by atoms with E-state index in [1.54, 1.807) is 30.5 Å². The van der Waals surface area contributed by atoms with Gasteiger partial charge >= 0.3 is 0 Å². The number of nitrogens with zero attached hydrogens (tertiary/aromatic N) is 3. The number of hydrogen-bond acceptors (Lipinski definition) is 6. The number of sulfonamides is 1. The molecule has 2 aromatic carbocycles. The fourth-order valence-electron chi connectivity index (χ4n) is 3.42. The molecule has 0 bridgehead atoms. The first-order valence-electron chi connectivity index (χ1n) is 9.64. The van der Waals surface area contributed by atoms with Gasteiger partial charge in [-0.1, -0.05) is 24.3 Å². The first-order valence-corrected chi connectivity index (χ1v) is 11.1. The number of fused-ring (bicyclic) bond motifs is 1. The molecule has 1 N–H and O–H groups in total. The number of anilines is 1. The Morgan fingerprint density at radius 3 is 2.71 bits per heavy atom. The van der Waals surface area contributed by atoms with E-state index >= 15 is 0 Å². The van der Waals surface area contributed by atoms with Gasteiger partial charge in [-0.2, -0.15) is 5.10 Å². The van der Waals surface area contributed by atoms with Crippen LogP contribution in [0.4, 0.5) is 5.69 Å². The fourth-order valence-corrected chi connectivity index (χ4v) is 4.62. The van der Waals surface area contributed by atoms with Gasteiger partial charge in [0.25, 0.3) is 15.9 Å². The van der Waals surface area contributed by atoms with E-state index in [1.165, 1.54) is 17.3 Å². The molecule has 0 saturated heterocycles. The summed E-state index contributed by atoms with van der Waals surface area (Å²) in [7, 11) is -4.16. The highest BCUT2D eigenvalue weighted by molar-refractivity contribution is 7.90. The predicted octanol–water partition coefficient (Wildman–Crippen LogP) is 2.84. The number of pyridine rings is 1. The summed E-state index contributed by atoms with van der Waals surface area (Å²) in [5.41, 5.74) is 2.31. The van der Waals surface area contributed by atoms with Gasteiger partial charge in [-0.3, -0.25) is 14.6 Å². The average molecular weight is 436 g/mol. The maximum atomic E-state index is 12.9. The van der Waals surface area contributed by atoms with Crippen molar-refractivity contribution in [1.29, 1.82) is 0 Å². The van der Waals surface area contributed by atoms with E-state index in [0.717, 1.165) is 11.1 Å². The van der Waals surface area contributed by atoms with Gasteiger partial charge in [0.2, 0.25) is 5.91 Å². The van der Waals surface area contributed by atoms with Gasteiger partial charge in [0.1, 0.15) is 5.71 Å². The number of aromatic nitrogens is 1. The van der Waals surface area contributed by atoms with Gasteiger partial charge in [-0.25, -0.2) is 18.1 Å². The number of hydrogen-bond donors (Lipinski definition) is 1. The van der Waals surface area contributed by atoms with E-state index in [2.05, 4.69) is 14.8 Å². The van der Waals surface area contributed by atoms with Crippen molar-refractivity contribution >= 4 is 44.0 Å². The second-order valence-electron chi connectivity index (χ2n) is 7.33. The number of carbonyl (C=O) groups excluding carboxylic acids is 2. The zero-order chi connectivity index (χ0) is 22.2. The zero-order valence-corrected chi connectivity index (χ0v) is 17.8. The van der Waals surface area contributed by atoms with E-state index in [9.17, 15) is 18.0 Å². The zero-order valence-electron chi connectivity index (χ0n) is 17.0. The van der Waals surface area contributed by atoms with Crippen LogP contribution >= 0.6 is 0 Å². The van der Waals surface area contributed by atoms with Crippen molar-refractivity contribution < 1.29 is 18.0 Å². The maximum Gasteiger partial charge on any atom is 0.281 e. The highest BCUT2D eigenvalue weighted by Crippen LogP contribution is 2.26. The second-order valence-corrected chi connectivity index (χ2v) is 8.98. The molecule has 2 heterocycles. The van der Waals surface area contributed by atoms with Gasteiger partial charge in [0.15, 0.2) is 0 Å². The molecule has 8 nitrogen and oxygen atoms in total. The molecular weight excluding hydrogens is 416 g/mol. The summed E-state index contributed by atoms with van der Waals surface area (Å²) in [6.45, 7) is 3.73. The van der Waals surface area contributed by atoms with Crippen LogP contribution in [0, 0.1) is 13.8 Å². The molecule has 0 spiro atoms. The minimum Gasteiger partial charge on any atom is -0.273 e. The van der Waals surface area contributed by atoms with Gasteiger partial charge in [-0.15, -0.1) is 0 Å². The first-order chi connectivity index (χ1) is 14.8. The highest BCUT2D eigenvalue weighted by atomic mass is 32.2. The van der Waals surface area contributed by atoms with Crippen molar-refractivity contribution in [3.63, 3.8) is 0 Å². The van der Waals surface area contributed by atoms with Crippen LogP contribution < -0.4 is 9.73 Å². The first kappa shape index (κ1) is 20.7. The molecule has 0 aliphatic carbocycles. The number of hydrazone groups is 1. The molecule has 1 aliphatic heterocycles. The standard InChI is InChI=1S/C22H20N4O4S/c1-14-6-7-15(2)19(12-14)26-21(27)9-8-18(24-26)22(28)25-31(29,30)20-5-3-4-16-13-23-11-10-17(16)20/h3-7,10-13H,8-9H2,1-2H3,(H,25,28). The molecule has 3 aromatic rings. The lowest BCUT2D eigenvalue weighted by atomic mass is 10.1.